The number of benzene rings is 2. The van der Waals surface area contributed by atoms with Crippen molar-refractivity contribution in [3.8, 4) is 5.75 Å². The molecular weight excluding hydrogens is 392 g/mol. The van der Waals surface area contributed by atoms with Crippen LogP contribution in [0.2, 0.25) is 0 Å². The maximum atomic E-state index is 13.4. The van der Waals surface area contributed by atoms with Gasteiger partial charge in [0.1, 0.15) is 10.6 Å². The van der Waals surface area contributed by atoms with Gasteiger partial charge in [-0.05, 0) is 60.4 Å². The summed E-state index contributed by atoms with van der Waals surface area (Å²) in [7, 11) is 1.66. The predicted octanol–water partition coefficient (Wildman–Crippen LogP) is 6.64. The topological polar surface area (TPSA) is 42.4 Å². The summed E-state index contributed by atoms with van der Waals surface area (Å²) in [6.45, 7) is 7.12. The van der Waals surface area contributed by atoms with Crippen molar-refractivity contribution in [3.63, 3.8) is 0 Å². The number of aromatic nitrogens is 1. The Morgan fingerprint density at radius 2 is 1.83 bits per heavy atom. The molecule has 0 aliphatic carbocycles. The highest BCUT2D eigenvalue weighted by Crippen LogP contribution is 2.31. The SMILES string of the molecule is CCCN(C(=O)c1cc2cc3cc(OC)ccc3nc2s1)c1ccc(C(C)C)cc1. The number of carbonyl (C=O) groups excluding carboxylic acids is 1. The highest BCUT2D eigenvalue weighted by atomic mass is 32.1. The minimum absolute atomic E-state index is 0.0267. The summed E-state index contributed by atoms with van der Waals surface area (Å²) < 4.78 is 5.32. The molecule has 4 nitrogen and oxygen atoms in total. The van der Waals surface area contributed by atoms with Crippen molar-refractivity contribution in [2.24, 2.45) is 0 Å². The number of ether oxygens (including phenoxy) is 1. The van der Waals surface area contributed by atoms with Crippen LogP contribution in [0.15, 0.2) is 54.6 Å². The normalized spacial score (nSPS) is 11.4. The molecule has 2 heterocycles. The first-order chi connectivity index (χ1) is 14.5. The molecule has 0 aliphatic rings. The second-order valence-corrected chi connectivity index (χ2v) is 8.79. The first-order valence-electron chi connectivity index (χ1n) is 10.3. The highest BCUT2D eigenvalue weighted by Gasteiger charge is 2.20. The lowest BCUT2D eigenvalue weighted by atomic mass is 10.0. The first kappa shape index (κ1) is 20.4. The molecule has 154 valence electrons. The average Bonchev–Trinajstić information content (AvgIpc) is 3.18. The van der Waals surface area contributed by atoms with Crippen molar-refractivity contribution in [2.45, 2.75) is 33.1 Å². The Morgan fingerprint density at radius 1 is 1.07 bits per heavy atom. The number of pyridine rings is 1. The van der Waals surface area contributed by atoms with Crippen LogP contribution in [0.4, 0.5) is 5.69 Å². The third-order valence-corrected chi connectivity index (χ3v) is 6.32. The van der Waals surface area contributed by atoms with E-state index in [0.717, 1.165) is 39.0 Å². The summed E-state index contributed by atoms with van der Waals surface area (Å²) in [6.07, 6.45) is 0.893. The van der Waals surface area contributed by atoms with Crippen molar-refractivity contribution in [2.75, 3.05) is 18.6 Å². The summed E-state index contributed by atoms with van der Waals surface area (Å²) in [4.78, 5) is 21.6. The maximum Gasteiger partial charge on any atom is 0.268 e. The molecule has 0 fully saturated rings. The Hall–Kier alpha value is -2.92. The van der Waals surface area contributed by atoms with Gasteiger partial charge >= 0.3 is 0 Å². The van der Waals surface area contributed by atoms with Crippen LogP contribution in [0.3, 0.4) is 0 Å². The molecule has 0 unspecified atom stereocenters. The molecule has 2 aromatic carbocycles. The lowest BCUT2D eigenvalue weighted by Crippen LogP contribution is -2.31. The Bertz CT molecular complexity index is 1200. The van der Waals surface area contributed by atoms with E-state index in [9.17, 15) is 4.79 Å². The largest absolute Gasteiger partial charge is 0.497 e. The van der Waals surface area contributed by atoms with Gasteiger partial charge in [0, 0.05) is 23.0 Å². The molecule has 1 amide bonds. The Balaban J connectivity index is 1.70. The van der Waals surface area contributed by atoms with Crippen LogP contribution in [0.25, 0.3) is 21.1 Å². The number of hydrogen-bond acceptors (Lipinski definition) is 4. The molecule has 4 aromatic rings. The standard InChI is InChI=1S/C25H26N2O2S/c1-5-12-27(20-8-6-17(7-9-20)16(2)3)25(28)23-15-19-13-18-14-21(29-4)10-11-22(18)26-24(19)30-23/h6-11,13-16H,5,12H2,1-4H3. The molecule has 0 aliphatic heterocycles. The van der Waals surface area contributed by atoms with Crippen LogP contribution >= 0.6 is 11.3 Å². The maximum absolute atomic E-state index is 13.4. The van der Waals surface area contributed by atoms with Crippen LogP contribution in [0.5, 0.6) is 5.75 Å². The van der Waals surface area contributed by atoms with E-state index < -0.39 is 0 Å². The summed E-state index contributed by atoms with van der Waals surface area (Å²) >= 11 is 1.45. The minimum atomic E-state index is 0.0267. The molecule has 0 N–H and O–H groups in total. The number of nitrogens with zero attached hydrogens (tertiary/aromatic N) is 2. The number of amides is 1. The van der Waals surface area contributed by atoms with E-state index in [2.05, 4.69) is 51.1 Å². The van der Waals surface area contributed by atoms with Gasteiger partial charge in [-0.3, -0.25) is 4.79 Å². The monoisotopic (exact) mass is 418 g/mol. The van der Waals surface area contributed by atoms with Crippen LogP contribution in [-0.2, 0) is 0 Å². The summed E-state index contributed by atoms with van der Waals surface area (Å²) in [5, 5.41) is 1.99. The number of methoxy groups -OCH3 is 1. The zero-order chi connectivity index (χ0) is 21.3. The van der Waals surface area contributed by atoms with Gasteiger partial charge in [0.05, 0.1) is 17.5 Å². The fourth-order valence-electron chi connectivity index (χ4n) is 3.59. The second-order valence-electron chi connectivity index (χ2n) is 7.76. The Labute approximate surface area is 181 Å². The quantitative estimate of drug-likeness (QED) is 0.352. The van der Waals surface area contributed by atoms with Gasteiger partial charge < -0.3 is 9.64 Å². The van der Waals surface area contributed by atoms with Gasteiger partial charge in [-0.25, -0.2) is 4.98 Å². The number of rotatable bonds is 6. The van der Waals surface area contributed by atoms with Crippen molar-refractivity contribution >= 4 is 44.1 Å². The van der Waals surface area contributed by atoms with Gasteiger partial charge in [0.15, 0.2) is 0 Å². The molecule has 0 saturated heterocycles. The van der Waals surface area contributed by atoms with Crippen LogP contribution < -0.4 is 9.64 Å². The molecule has 4 rings (SSSR count). The smallest absolute Gasteiger partial charge is 0.268 e. The van der Waals surface area contributed by atoms with E-state index in [1.807, 2.05) is 29.2 Å². The van der Waals surface area contributed by atoms with E-state index in [4.69, 9.17) is 9.72 Å². The third kappa shape index (κ3) is 3.90. The molecule has 0 saturated carbocycles. The number of anilines is 1. The van der Waals surface area contributed by atoms with Gasteiger partial charge in [-0.15, -0.1) is 11.3 Å². The molecule has 30 heavy (non-hydrogen) atoms. The molecule has 0 radical (unpaired) electrons. The molecule has 0 bridgehead atoms. The average molecular weight is 419 g/mol. The van der Waals surface area contributed by atoms with Gasteiger partial charge in [0.25, 0.3) is 5.91 Å². The zero-order valence-electron chi connectivity index (χ0n) is 17.8. The lowest BCUT2D eigenvalue weighted by molar-refractivity contribution is 0.0991. The van der Waals surface area contributed by atoms with Crippen molar-refractivity contribution in [3.05, 3.63) is 65.0 Å². The van der Waals surface area contributed by atoms with E-state index in [1.165, 1.54) is 16.9 Å². The molecule has 5 heteroatoms. The van der Waals surface area contributed by atoms with E-state index in [1.54, 1.807) is 7.11 Å². The summed E-state index contributed by atoms with van der Waals surface area (Å²) in [5.74, 6) is 1.30. The van der Waals surface area contributed by atoms with Crippen molar-refractivity contribution < 1.29 is 9.53 Å². The number of hydrogen-bond donors (Lipinski definition) is 0. The highest BCUT2D eigenvalue weighted by molar-refractivity contribution is 7.20. The first-order valence-corrected chi connectivity index (χ1v) is 11.1. The van der Waals surface area contributed by atoms with Gasteiger partial charge in [-0.1, -0.05) is 32.9 Å². The fourth-order valence-corrected chi connectivity index (χ4v) is 4.56. The zero-order valence-corrected chi connectivity index (χ0v) is 18.6. The minimum Gasteiger partial charge on any atom is -0.497 e. The van der Waals surface area contributed by atoms with Crippen LogP contribution in [0, 0.1) is 0 Å². The van der Waals surface area contributed by atoms with Crippen LogP contribution in [-0.4, -0.2) is 24.5 Å². The summed E-state index contributed by atoms with van der Waals surface area (Å²) in [6, 6.07) is 18.2. The number of carbonyl (C=O) groups is 1. The predicted molar refractivity (Wildman–Crippen MR) is 126 cm³/mol. The molecule has 0 spiro atoms. The number of fused-ring (bicyclic) bond motifs is 2. The molecular formula is C25H26N2O2S. The molecule has 2 aromatic heterocycles. The Kier molecular flexibility index (Phi) is 5.73. The Morgan fingerprint density at radius 3 is 2.50 bits per heavy atom. The number of thiophene rings is 1. The molecule has 0 atom stereocenters. The van der Waals surface area contributed by atoms with Gasteiger partial charge in [-0.2, -0.15) is 0 Å². The third-order valence-electron chi connectivity index (χ3n) is 5.28. The fraction of sp³-hybridized carbons (Fsp3) is 0.280. The van der Waals surface area contributed by atoms with E-state index >= 15 is 0 Å². The van der Waals surface area contributed by atoms with Crippen LogP contribution in [0.1, 0.15) is 48.3 Å². The van der Waals surface area contributed by atoms with Crippen molar-refractivity contribution in [1.82, 2.24) is 4.98 Å². The van der Waals surface area contributed by atoms with E-state index in [0.29, 0.717) is 17.3 Å². The van der Waals surface area contributed by atoms with Gasteiger partial charge in [0.2, 0.25) is 0 Å². The second kappa shape index (κ2) is 8.44. The summed E-state index contributed by atoms with van der Waals surface area (Å²) in [5.41, 5.74) is 3.11. The van der Waals surface area contributed by atoms with Crippen molar-refractivity contribution in [1.29, 1.82) is 0 Å². The lowest BCUT2D eigenvalue weighted by Gasteiger charge is -2.22. The van der Waals surface area contributed by atoms with E-state index in [-0.39, 0.29) is 5.91 Å².